The summed E-state index contributed by atoms with van der Waals surface area (Å²) in [5, 5.41) is 3.23. The third-order valence-corrected chi connectivity index (χ3v) is 3.63. The minimum absolute atomic E-state index is 0.0200. The lowest BCUT2D eigenvalue weighted by atomic mass is 9.90. The predicted octanol–water partition coefficient (Wildman–Crippen LogP) is 3.80. The topological polar surface area (TPSA) is 12.0 Å². The predicted molar refractivity (Wildman–Crippen MR) is 60.1 cm³/mol. The molecule has 0 aliphatic rings. The highest BCUT2D eigenvalue weighted by molar-refractivity contribution is 8.00. The maximum atomic E-state index is 11.9. The van der Waals surface area contributed by atoms with E-state index in [4.69, 9.17) is 0 Å². The van der Waals surface area contributed by atoms with Crippen molar-refractivity contribution in [2.45, 2.75) is 51.1 Å². The van der Waals surface area contributed by atoms with Crippen molar-refractivity contribution in [3.05, 3.63) is 0 Å². The molecule has 0 unspecified atom stereocenters. The maximum Gasteiger partial charge on any atom is 0.441 e. The molecule has 0 bridgehead atoms. The fourth-order valence-corrected chi connectivity index (χ4v) is 2.04. The van der Waals surface area contributed by atoms with Crippen molar-refractivity contribution in [1.29, 1.82) is 0 Å². The van der Waals surface area contributed by atoms with Gasteiger partial charge >= 0.3 is 5.51 Å². The molecule has 0 aliphatic heterocycles. The van der Waals surface area contributed by atoms with Crippen molar-refractivity contribution in [3.63, 3.8) is 0 Å². The van der Waals surface area contributed by atoms with Crippen LogP contribution < -0.4 is 5.32 Å². The van der Waals surface area contributed by atoms with Gasteiger partial charge in [-0.05, 0) is 31.0 Å². The summed E-state index contributed by atoms with van der Waals surface area (Å²) >= 11 is 0.0432. The molecule has 0 fully saturated rings. The normalized spacial score (nSPS) is 13.2. The van der Waals surface area contributed by atoms with Gasteiger partial charge in [-0.25, -0.2) is 0 Å². The van der Waals surface area contributed by atoms with Gasteiger partial charge in [-0.15, -0.1) is 0 Å². The maximum absolute atomic E-state index is 11.9. The molecule has 0 amide bonds. The highest BCUT2D eigenvalue weighted by Crippen LogP contribution is 2.29. The molecule has 0 aliphatic carbocycles. The molecule has 0 heterocycles. The summed E-state index contributed by atoms with van der Waals surface area (Å²) in [5.74, 6) is 0.0885. The minimum Gasteiger partial charge on any atom is -0.310 e. The number of hydrogen-bond donors (Lipinski definition) is 1. The molecular formula is C10H20F3NS. The van der Waals surface area contributed by atoms with Crippen LogP contribution in [0.3, 0.4) is 0 Å². The first kappa shape index (κ1) is 15.1. The van der Waals surface area contributed by atoms with Crippen LogP contribution in [0.1, 0.15) is 40.0 Å². The third-order valence-electron chi connectivity index (χ3n) is 2.90. The molecule has 0 radical (unpaired) electrons. The first-order valence-electron chi connectivity index (χ1n) is 5.35. The van der Waals surface area contributed by atoms with Crippen molar-refractivity contribution >= 4 is 11.8 Å². The number of thioether (sulfide) groups is 1. The van der Waals surface area contributed by atoms with Gasteiger partial charge in [-0.3, -0.25) is 0 Å². The smallest absolute Gasteiger partial charge is 0.310 e. The summed E-state index contributed by atoms with van der Waals surface area (Å²) in [4.78, 5) is 0. The first-order chi connectivity index (χ1) is 6.89. The number of nitrogens with one attached hydrogen (secondary N) is 1. The van der Waals surface area contributed by atoms with E-state index in [9.17, 15) is 13.2 Å². The van der Waals surface area contributed by atoms with Crippen molar-refractivity contribution in [1.82, 2.24) is 5.32 Å². The summed E-state index contributed by atoms with van der Waals surface area (Å²) in [5.41, 5.74) is -4.08. The Labute approximate surface area is 94.2 Å². The van der Waals surface area contributed by atoms with Gasteiger partial charge in [0.05, 0.1) is 0 Å². The van der Waals surface area contributed by atoms with Crippen LogP contribution in [-0.2, 0) is 0 Å². The highest BCUT2D eigenvalue weighted by Gasteiger charge is 2.28. The molecular weight excluding hydrogens is 223 g/mol. The van der Waals surface area contributed by atoms with E-state index in [0.717, 1.165) is 19.3 Å². The molecule has 0 atom stereocenters. The fourth-order valence-electron chi connectivity index (χ4n) is 1.61. The van der Waals surface area contributed by atoms with E-state index in [1.165, 1.54) is 0 Å². The molecule has 0 saturated heterocycles. The molecule has 0 spiro atoms. The Hall–Kier alpha value is 0.100. The van der Waals surface area contributed by atoms with Gasteiger partial charge in [0, 0.05) is 17.8 Å². The van der Waals surface area contributed by atoms with Crippen molar-refractivity contribution in [3.8, 4) is 0 Å². The zero-order valence-electron chi connectivity index (χ0n) is 9.58. The second kappa shape index (κ2) is 6.63. The van der Waals surface area contributed by atoms with Crippen LogP contribution in [0.5, 0.6) is 0 Å². The molecule has 0 saturated carbocycles. The lowest BCUT2D eigenvalue weighted by Gasteiger charge is -2.32. The minimum atomic E-state index is -4.10. The quantitative estimate of drug-likeness (QED) is 0.683. The summed E-state index contributed by atoms with van der Waals surface area (Å²) in [6.45, 7) is 6.62. The van der Waals surface area contributed by atoms with Gasteiger partial charge in [0.1, 0.15) is 0 Å². The molecule has 1 nitrogen and oxygen atoms in total. The summed E-state index contributed by atoms with van der Waals surface area (Å²) < 4.78 is 35.6. The molecule has 5 heteroatoms. The summed E-state index contributed by atoms with van der Waals surface area (Å²) in [6.07, 6.45) is 2.87. The van der Waals surface area contributed by atoms with E-state index in [2.05, 4.69) is 26.1 Å². The first-order valence-corrected chi connectivity index (χ1v) is 6.33. The number of rotatable bonds is 7. The second-order valence-electron chi connectivity index (χ2n) is 3.56. The highest BCUT2D eigenvalue weighted by atomic mass is 32.2. The monoisotopic (exact) mass is 243 g/mol. The zero-order valence-corrected chi connectivity index (χ0v) is 10.4. The largest absolute Gasteiger partial charge is 0.441 e. The van der Waals surface area contributed by atoms with E-state index in [1.807, 2.05) is 0 Å². The van der Waals surface area contributed by atoms with E-state index in [1.54, 1.807) is 0 Å². The van der Waals surface area contributed by atoms with Crippen LogP contribution in [-0.4, -0.2) is 23.3 Å². The van der Waals surface area contributed by atoms with Crippen LogP contribution in [0.4, 0.5) is 13.2 Å². The fraction of sp³-hybridized carbons (Fsp3) is 1.00. The SMILES string of the molecule is CCC(CC)(CC)NCCSC(F)(F)F. The van der Waals surface area contributed by atoms with Crippen LogP contribution in [0.25, 0.3) is 0 Å². The van der Waals surface area contributed by atoms with Crippen molar-refractivity contribution in [2.75, 3.05) is 12.3 Å². The Balaban J connectivity index is 3.82. The van der Waals surface area contributed by atoms with Crippen molar-refractivity contribution < 1.29 is 13.2 Å². The van der Waals surface area contributed by atoms with Gasteiger partial charge in [-0.2, -0.15) is 13.2 Å². The van der Waals surface area contributed by atoms with Crippen LogP contribution >= 0.6 is 11.8 Å². The molecule has 0 aromatic heterocycles. The van der Waals surface area contributed by atoms with E-state index in [-0.39, 0.29) is 23.1 Å². The van der Waals surface area contributed by atoms with Crippen molar-refractivity contribution in [2.24, 2.45) is 0 Å². The second-order valence-corrected chi connectivity index (χ2v) is 4.72. The third kappa shape index (κ3) is 6.30. The van der Waals surface area contributed by atoms with Crippen LogP contribution in [0.15, 0.2) is 0 Å². The zero-order chi connectivity index (χ0) is 11.9. The van der Waals surface area contributed by atoms with Gasteiger partial charge in [0.15, 0.2) is 0 Å². The Kier molecular flexibility index (Phi) is 6.68. The summed E-state index contributed by atoms with van der Waals surface area (Å²) in [6, 6.07) is 0. The Morgan fingerprint density at radius 2 is 1.47 bits per heavy atom. The average Bonchev–Trinajstić information content (AvgIpc) is 2.18. The number of alkyl halides is 3. The van der Waals surface area contributed by atoms with E-state index in [0.29, 0.717) is 6.54 Å². The Morgan fingerprint density at radius 3 is 1.80 bits per heavy atom. The van der Waals surface area contributed by atoms with Gasteiger partial charge < -0.3 is 5.32 Å². The molecule has 15 heavy (non-hydrogen) atoms. The van der Waals surface area contributed by atoms with Gasteiger partial charge in [-0.1, -0.05) is 20.8 Å². The lowest BCUT2D eigenvalue weighted by molar-refractivity contribution is -0.0327. The standard InChI is InChI=1S/C10H20F3NS/c1-4-9(5-2,6-3)14-7-8-15-10(11,12)13/h14H,4-8H2,1-3H3. The Morgan fingerprint density at radius 1 is 1.00 bits per heavy atom. The Bertz CT molecular complexity index is 158. The van der Waals surface area contributed by atoms with Gasteiger partial charge in [0.2, 0.25) is 0 Å². The molecule has 0 aromatic carbocycles. The molecule has 0 aromatic rings. The number of hydrogen-bond acceptors (Lipinski definition) is 2. The molecule has 92 valence electrons. The lowest BCUT2D eigenvalue weighted by Crippen LogP contribution is -2.44. The molecule has 0 rings (SSSR count). The van der Waals surface area contributed by atoms with Gasteiger partial charge in [0.25, 0.3) is 0 Å². The average molecular weight is 243 g/mol. The molecule has 1 N–H and O–H groups in total. The van der Waals surface area contributed by atoms with E-state index >= 15 is 0 Å². The number of halogens is 3. The van der Waals surface area contributed by atoms with Crippen LogP contribution in [0.2, 0.25) is 0 Å². The van der Waals surface area contributed by atoms with Crippen LogP contribution in [0, 0.1) is 0 Å². The summed E-state index contributed by atoms with van der Waals surface area (Å²) in [7, 11) is 0. The van der Waals surface area contributed by atoms with E-state index < -0.39 is 5.51 Å².